The summed E-state index contributed by atoms with van der Waals surface area (Å²) in [6.45, 7) is 7.04. The van der Waals surface area contributed by atoms with E-state index in [2.05, 4.69) is 0 Å². The van der Waals surface area contributed by atoms with E-state index in [1.807, 2.05) is 32.9 Å². The van der Waals surface area contributed by atoms with E-state index in [0.29, 0.717) is 12.5 Å². The fourth-order valence-corrected chi connectivity index (χ4v) is 3.65. The van der Waals surface area contributed by atoms with Crippen molar-refractivity contribution >= 4 is 29.0 Å². The van der Waals surface area contributed by atoms with Crippen LogP contribution in [0.3, 0.4) is 0 Å². The number of thiophene rings is 1. The van der Waals surface area contributed by atoms with E-state index in [1.54, 1.807) is 16.2 Å². The molecular weight excluding hydrogens is 308 g/mol. The molecule has 0 spiro atoms. The van der Waals surface area contributed by atoms with Gasteiger partial charge >= 0.3 is 6.09 Å². The standard InChI is InChI=1S/C15H23ClN2O2S/c1-15(2,3)20-14(19)18-7-6-10(9-18)12(17)8-11-4-5-13(16)21-11/h4-5,10,12H,6-9,17H2,1-3H3. The molecule has 4 nitrogen and oxygen atoms in total. The van der Waals surface area contributed by atoms with Gasteiger partial charge in [0, 0.05) is 24.0 Å². The number of likely N-dealkylation sites (tertiary alicyclic amines) is 1. The summed E-state index contributed by atoms with van der Waals surface area (Å²) >= 11 is 7.51. The van der Waals surface area contributed by atoms with Crippen LogP contribution in [0.5, 0.6) is 0 Å². The lowest BCUT2D eigenvalue weighted by molar-refractivity contribution is 0.0286. The maximum Gasteiger partial charge on any atom is 0.410 e. The van der Waals surface area contributed by atoms with Gasteiger partial charge in [-0.3, -0.25) is 0 Å². The highest BCUT2D eigenvalue weighted by molar-refractivity contribution is 7.16. The first-order chi connectivity index (χ1) is 9.74. The molecule has 0 saturated carbocycles. The Kier molecular flexibility index (Phi) is 5.17. The Hall–Kier alpha value is -0.780. The van der Waals surface area contributed by atoms with Crippen molar-refractivity contribution in [1.82, 2.24) is 4.90 Å². The lowest BCUT2D eigenvalue weighted by Gasteiger charge is -2.25. The lowest BCUT2D eigenvalue weighted by Crippen LogP contribution is -2.38. The van der Waals surface area contributed by atoms with Crippen LogP contribution < -0.4 is 5.73 Å². The minimum atomic E-state index is -0.453. The van der Waals surface area contributed by atoms with Gasteiger partial charge in [0.05, 0.1) is 4.34 Å². The SMILES string of the molecule is CC(C)(C)OC(=O)N1CCC(C(N)Cc2ccc(Cl)s2)C1. The van der Waals surface area contributed by atoms with Crippen molar-refractivity contribution in [2.45, 2.75) is 45.3 Å². The monoisotopic (exact) mass is 330 g/mol. The third kappa shape index (κ3) is 4.87. The van der Waals surface area contributed by atoms with Crippen LogP contribution in [0.25, 0.3) is 0 Å². The molecule has 2 atom stereocenters. The maximum atomic E-state index is 12.0. The van der Waals surface area contributed by atoms with E-state index in [1.165, 1.54) is 4.88 Å². The van der Waals surface area contributed by atoms with Crippen LogP contribution in [0.15, 0.2) is 12.1 Å². The minimum absolute atomic E-state index is 0.0483. The van der Waals surface area contributed by atoms with Gasteiger partial charge in [0.25, 0.3) is 0 Å². The molecule has 2 N–H and O–H groups in total. The molecule has 1 aliphatic heterocycles. The molecular formula is C15H23ClN2O2S. The van der Waals surface area contributed by atoms with Gasteiger partial charge in [-0.05, 0) is 51.7 Å². The number of rotatable bonds is 3. The summed E-state index contributed by atoms with van der Waals surface area (Å²) in [6.07, 6.45) is 1.50. The van der Waals surface area contributed by atoms with E-state index < -0.39 is 5.60 Å². The van der Waals surface area contributed by atoms with Gasteiger partial charge in [-0.25, -0.2) is 4.79 Å². The first-order valence-electron chi connectivity index (χ1n) is 7.22. The second-order valence-corrected chi connectivity index (χ2v) is 8.35. The van der Waals surface area contributed by atoms with Gasteiger partial charge in [0.1, 0.15) is 5.60 Å². The topological polar surface area (TPSA) is 55.6 Å². The molecule has 6 heteroatoms. The van der Waals surface area contributed by atoms with Gasteiger partial charge in [0.15, 0.2) is 0 Å². The first-order valence-corrected chi connectivity index (χ1v) is 8.42. The predicted octanol–water partition coefficient (Wildman–Crippen LogP) is 3.53. The zero-order valence-electron chi connectivity index (χ0n) is 12.8. The normalized spacial score (nSPS) is 20.6. The van der Waals surface area contributed by atoms with Crippen LogP contribution >= 0.6 is 22.9 Å². The van der Waals surface area contributed by atoms with Crippen molar-refractivity contribution in [2.75, 3.05) is 13.1 Å². The number of ether oxygens (including phenoxy) is 1. The Balaban J connectivity index is 1.85. The summed E-state index contributed by atoms with van der Waals surface area (Å²) in [5.74, 6) is 0.318. The number of hydrogen-bond donors (Lipinski definition) is 1. The molecule has 1 aromatic heterocycles. The number of amides is 1. The zero-order chi connectivity index (χ0) is 15.6. The summed E-state index contributed by atoms with van der Waals surface area (Å²) in [4.78, 5) is 15.0. The number of nitrogens with zero attached hydrogens (tertiary/aromatic N) is 1. The summed E-state index contributed by atoms with van der Waals surface area (Å²) < 4.78 is 6.19. The molecule has 118 valence electrons. The Labute approximate surface area is 135 Å². The highest BCUT2D eigenvalue weighted by atomic mass is 35.5. The smallest absolute Gasteiger partial charge is 0.410 e. The molecule has 1 amide bonds. The molecule has 0 aromatic carbocycles. The summed E-state index contributed by atoms with van der Waals surface area (Å²) in [6, 6.07) is 3.97. The number of carbonyl (C=O) groups excluding carboxylic acids is 1. The van der Waals surface area contributed by atoms with Crippen LogP contribution in [0.2, 0.25) is 4.34 Å². The van der Waals surface area contributed by atoms with Crippen molar-refractivity contribution in [1.29, 1.82) is 0 Å². The molecule has 1 aliphatic rings. The van der Waals surface area contributed by atoms with E-state index in [9.17, 15) is 4.79 Å². The van der Waals surface area contributed by atoms with Crippen LogP contribution in [0, 0.1) is 5.92 Å². The third-order valence-corrected chi connectivity index (χ3v) is 4.80. The van der Waals surface area contributed by atoms with Gasteiger partial charge in [-0.1, -0.05) is 11.6 Å². The first kappa shape index (κ1) is 16.6. The molecule has 0 radical (unpaired) electrons. The fourth-order valence-electron chi connectivity index (χ4n) is 2.49. The van der Waals surface area contributed by atoms with Crippen molar-refractivity contribution < 1.29 is 9.53 Å². The number of carbonyl (C=O) groups is 1. The molecule has 1 aromatic rings. The van der Waals surface area contributed by atoms with Gasteiger partial charge in [-0.2, -0.15) is 0 Å². The van der Waals surface area contributed by atoms with E-state index in [0.717, 1.165) is 23.7 Å². The molecule has 1 saturated heterocycles. The average molecular weight is 331 g/mol. The van der Waals surface area contributed by atoms with Gasteiger partial charge in [0.2, 0.25) is 0 Å². The van der Waals surface area contributed by atoms with Crippen LogP contribution in [-0.2, 0) is 11.2 Å². The third-order valence-electron chi connectivity index (χ3n) is 3.55. The lowest BCUT2D eigenvalue weighted by atomic mass is 9.96. The second kappa shape index (κ2) is 6.55. The number of halogens is 1. The second-order valence-electron chi connectivity index (χ2n) is 6.55. The van der Waals surface area contributed by atoms with E-state index in [-0.39, 0.29) is 12.1 Å². The van der Waals surface area contributed by atoms with E-state index >= 15 is 0 Å². The molecule has 2 heterocycles. The Morgan fingerprint density at radius 3 is 2.86 bits per heavy atom. The van der Waals surface area contributed by atoms with Crippen molar-refractivity contribution in [2.24, 2.45) is 11.7 Å². The van der Waals surface area contributed by atoms with E-state index in [4.69, 9.17) is 22.1 Å². The Morgan fingerprint density at radius 2 is 2.29 bits per heavy atom. The molecule has 2 rings (SSSR count). The van der Waals surface area contributed by atoms with Crippen LogP contribution in [-0.4, -0.2) is 35.7 Å². The summed E-state index contributed by atoms with van der Waals surface area (Å²) in [5.41, 5.74) is 5.84. The Bertz CT molecular complexity index is 498. The van der Waals surface area contributed by atoms with Crippen LogP contribution in [0.4, 0.5) is 4.79 Å². The zero-order valence-corrected chi connectivity index (χ0v) is 14.3. The molecule has 0 aliphatic carbocycles. The summed E-state index contributed by atoms with van der Waals surface area (Å²) in [5, 5.41) is 0. The Morgan fingerprint density at radius 1 is 1.57 bits per heavy atom. The van der Waals surface area contributed by atoms with Crippen molar-refractivity contribution in [3.63, 3.8) is 0 Å². The quantitative estimate of drug-likeness (QED) is 0.922. The average Bonchev–Trinajstić information content (AvgIpc) is 2.96. The highest BCUT2D eigenvalue weighted by Crippen LogP contribution is 2.26. The predicted molar refractivity (Wildman–Crippen MR) is 86.9 cm³/mol. The molecule has 1 fully saturated rings. The molecule has 2 unspecified atom stereocenters. The van der Waals surface area contributed by atoms with Crippen LogP contribution in [0.1, 0.15) is 32.1 Å². The van der Waals surface area contributed by atoms with Gasteiger partial charge in [-0.15, -0.1) is 11.3 Å². The van der Waals surface area contributed by atoms with Gasteiger partial charge < -0.3 is 15.4 Å². The number of hydrogen-bond acceptors (Lipinski definition) is 4. The molecule has 21 heavy (non-hydrogen) atoms. The highest BCUT2D eigenvalue weighted by Gasteiger charge is 2.32. The minimum Gasteiger partial charge on any atom is -0.444 e. The molecule has 0 bridgehead atoms. The summed E-state index contributed by atoms with van der Waals surface area (Å²) in [7, 11) is 0. The fraction of sp³-hybridized carbons (Fsp3) is 0.667. The van der Waals surface area contributed by atoms with Crippen molar-refractivity contribution in [3.05, 3.63) is 21.3 Å². The number of nitrogens with two attached hydrogens (primary N) is 1. The van der Waals surface area contributed by atoms with Crippen molar-refractivity contribution in [3.8, 4) is 0 Å². The maximum absolute atomic E-state index is 12.0. The largest absolute Gasteiger partial charge is 0.444 e.